The van der Waals surface area contributed by atoms with E-state index in [1.807, 2.05) is 18.7 Å². The fourth-order valence-corrected chi connectivity index (χ4v) is 1.75. The summed E-state index contributed by atoms with van der Waals surface area (Å²) >= 11 is 1.83. The van der Waals surface area contributed by atoms with Crippen LogP contribution in [0.15, 0.2) is 12.2 Å². The van der Waals surface area contributed by atoms with Crippen LogP contribution in [0.5, 0.6) is 0 Å². The summed E-state index contributed by atoms with van der Waals surface area (Å²) < 4.78 is 0. The van der Waals surface area contributed by atoms with Gasteiger partial charge in [0.25, 0.3) is 0 Å². The standard InChI is InChI=1S/C10H20OS/c1-4-7-12-8-10(11)6-5-9(2)3/h10-11H,2,4-8H2,1,3H3. The van der Waals surface area contributed by atoms with Crippen molar-refractivity contribution in [3.05, 3.63) is 12.2 Å². The highest BCUT2D eigenvalue weighted by molar-refractivity contribution is 7.99. The molecular formula is C10H20OS. The highest BCUT2D eigenvalue weighted by Gasteiger charge is 2.02. The predicted octanol–water partition coefficient (Wildman–Crippen LogP) is 2.85. The van der Waals surface area contributed by atoms with Crippen molar-refractivity contribution in [3.8, 4) is 0 Å². The van der Waals surface area contributed by atoms with E-state index in [2.05, 4.69) is 13.5 Å². The Morgan fingerprint density at radius 2 is 2.25 bits per heavy atom. The Labute approximate surface area is 80.3 Å². The van der Waals surface area contributed by atoms with Crippen LogP contribution in [0, 0.1) is 0 Å². The van der Waals surface area contributed by atoms with E-state index >= 15 is 0 Å². The number of rotatable bonds is 7. The zero-order valence-electron chi connectivity index (χ0n) is 8.18. The van der Waals surface area contributed by atoms with Gasteiger partial charge >= 0.3 is 0 Å². The SMILES string of the molecule is C=C(C)CCC(O)CSCCC. The van der Waals surface area contributed by atoms with Gasteiger partial charge in [-0.05, 0) is 31.9 Å². The lowest BCUT2D eigenvalue weighted by Gasteiger charge is -2.09. The van der Waals surface area contributed by atoms with Gasteiger partial charge in [0.2, 0.25) is 0 Å². The van der Waals surface area contributed by atoms with Crippen molar-refractivity contribution in [2.24, 2.45) is 0 Å². The molecule has 0 aliphatic carbocycles. The molecule has 12 heavy (non-hydrogen) atoms. The van der Waals surface area contributed by atoms with Crippen molar-refractivity contribution in [2.75, 3.05) is 11.5 Å². The van der Waals surface area contributed by atoms with Crippen molar-refractivity contribution in [3.63, 3.8) is 0 Å². The van der Waals surface area contributed by atoms with Crippen LogP contribution in [0.1, 0.15) is 33.1 Å². The third kappa shape index (κ3) is 8.15. The highest BCUT2D eigenvalue weighted by Crippen LogP contribution is 2.10. The van der Waals surface area contributed by atoms with Crippen molar-refractivity contribution in [2.45, 2.75) is 39.2 Å². The van der Waals surface area contributed by atoms with Gasteiger partial charge in [0.15, 0.2) is 0 Å². The zero-order valence-corrected chi connectivity index (χ0v) is 8.99. The largest absolute Gasteiger partial charge is 0.392 e. The van der Waals surface area contributed by atoms with E-state index < -0.39 is 0 Å². The van der Waals surface area contributed by atoms with Crippen LogP contribution in [0.2, 0.25) is 0 Å². The van der Waals surface area contributed by atoms with E-state index in [-0.39, 0.29) is 6.10 Å². The maximum atomic E-state index is 9.46. The fraction of sp³-hybridized carbons (Fsp3) is 0.800. The third-order valence-corrected chi connectivity index (χ3v) is 2.88. The normalized spacial score (nSPS) is 12.9. The lowest BCUT2D eigenvalue weighted by Crippen LogP contribution is -2.09. The Bertz CT molecular complexity index is 123. The molecule has 1 atom stereocenters. The van der Waals surface area contributed by atoms with Crippen LogP contribution in [0.25, 0.3) is 0 Å². The second-order valence-electron chi connectivity index (χ2n) is 3.22. The third-order valence-electron chi connectivity index (χ3n) is 1.56. The van der Waals surface area contributed by atoms with Gasteiger partial charge in [-0.3, -0.25) is 0 Å². The first-order valence-corrected chi connectivity index (χ1v) is 5.72. The molecule has 0 spiro atoms. The van der Waals surface area contributed by atoms with Crippen molar-refractivity contribution in [1.82, 2.24) is 0 Å². The van der Waals surface area contributed by atoms with Crippen LogP contribution in [0.4, 0.5) is 0 Å². The summed E-state index contributed by atoms with van der Waals surface area (Å²) in [5.74, 6) is 2.03. The summed E-state index contributed by atoms with van der Waals surface area (Å²) in [5.41, 5.74) is 1.16. The molecule has 0 radical (unpaired) electrons. The van der Waals surface area contributed by atoms with E-state index in [1.54, 1.807) is 0 Å². The van der Waals surface area contributed by atoms with Gasteiger partial charge in [-0.2, -0.15) is 11.8 Å². The minimum atomic E-state index is -0.141. The minimum absolute atomic E-state index is 0.141. The Balaban J connectivity index is 3.21. The van der Waals surface area contributed by atoms with Crippen LogP contribution in [-0.2, 0) is 0 Å². The van der Waals surface area contributed by atoms with Gasteiger partial charge in [-0.15, -0.1) is 6.58 Å². The lowest BCUT2D eigenvalue weighted by atomic mass is 10.1. The first kappa shape index (κ1) is 12.0. The molecule has 2 heteroatoms. The van der Waals surface area contributed by atoms with E-state index in [9.17, 15) is 5.11 Å². The monoisotopic (exact) mass is 188 g/mol. The number of thioether (sulfide) groups is 1. The summed E-state index contributed by atoms with van der Waals surface area (Å²) in [4.78, 5) is 0. The van der Waals surface area contributed by atoms with Crippen molar-refractivity contribution >= 4 is 11.8 Å². The molecule has 0 bridgehead atoms. The number of hydrogen-bond acceptors (Lipinski definition) is 2. The van der Waals surface area contributed by atoms with Gasteiger partial charge in [0.1, 0.15) is 0 Å². The lowest BCUT2D eigenvalue weighted by molar-refractivity contribution is 0.189. The molecule has 0 amide bonds. The highest BCUT2D eigenvalue weighted by atomic mass is 32.2. The average molecular weight is 188 g/mol. The molecule has 0 rings (SSSR count). The van der Waals surface area contributed by atoms with E-state index in [1.165, 1.54) is 6.42 Å². The summed E-state index contributed by atoms with van der Waals surface area (Å²) in [6, 6.07) is 0. The first-order valence-electron chi connectivity index (χ1n) is 4.57. The van der Waals surface area contributed by atoms with Crippen LogP contribution < -0.4 is 0 Å². The Morgan fingerprint density at radius 3 is 2.75 bits per heavy atom. The molecule has 0 saturated heterocycles. The van der Waals surface area contributed by atoms with Crippen molar-refractivity contribution in [1.29, 1.82) is 0 Å². The van der Waals surface area contributed by atoms with E-state index in [0.29, 0.717) is 0 Å². The van der Waals surface area contributed by atoms with E-state index in [0.717, 1.165) is 29.9 Å². The quantitative estimate of drug-likeness (QED) is 0.490. The molecule has 0 aromatic carbocycles. The molecule has 1 unspecified atom stereocenters. The molecule has 1 nitrogen and oxygen atoms in total. The maximum absolute atomic E-state index is 9.46. The molecule has 0 fully saturated rings. The predicted molar refractivity (Wildman–Crippen MR) is 57.7 cm³/mol. The molecule has 0 aliphatic rings. The molecule has 0 saturated carbocycles. The van der Waals surface area contributed by atoms with Crippen molar-refractivity contribution < 1.29 is 5.11 Å². The van der Waals surface area contributed by atoms with Gasteiger partial charge < -0.3 is 5.11 Å². The van der Waals surface area contributed by atoms with E-state index in [4.69, 9.17) is 0 Å². The Hall–Kier alpha value is 0.0500. The molecule has 0 aromatic rings. The number of hydrogen-bond donors (Lipinski definition) is 1. The number of aliphatic hydroxyl groups excluding tert-OH is 1. The number of allylic oxidation sites excluding steroid dienone is 1. The zero-order chi connectivity index (χ0) is 9.40. The minimum Gasteiger partial charge on any atom is -0.392 e. The van der Waals surface area contributed by atoms with Gasteiger partial charge in [-0.25, -0.2) is 0 Å². The van der Waals surface area contributed by atoms with Crippen LogP contribution >= 0.6 is 11.8 Å². The molecule has 1 N–H and O–H groups in total. The molecule has 0 heterocycles. The van der Waals surface area contributed by atoms with Crippen LogP contribution in [-0.4, -0.2) is 22.7 Å². The Kier molecular flexibility index (Phi) is 7.72. The average Bonchev–Trinajstić information content (AvgIpc) is 2.01. The number of aliphatic hydroxyl groups is 1. The maximum Gasteiger partial charge on any atom is 0.0633 e. The summed E-state index contributed by atoms with van der Waals surface area (Å²) in [6.07, 6.45) is 2.87. The fourth-order valence-electron chi connectivity index (χ4n) is 0.860. The van der Waals surface area contributed by atoms with Gasteiger partial charge in [0.05, 0.1) is 6.10 Å². The summed E-state index contributed by atoms with van der Waals surface area (Å²) in [6.45, 7) is 7.97. The summed E-state index contributed by atoms with van der Waals surface area (Å²) in [7, 11) is 0. The molecule has 72 valence electrons. The van der Waals surface area contributed by atoms with Gasteiger partial charge in [-0.1, -0.05) is 12.5 Å². The molecular weight excluding hydrogens is 168 g/mol. The summed E-state index contributed by atoms with van der Waals surface area (Å²) in [5, 5.41) is 9.46. The topological polar surface area (TPSA) is 20.2 Å². The molecule has 0 aromatic heterocycles. The second kappa shape index (κ2) is 7.69. The Morgan fingerprint density at radius 1 is 1.58 bits per heavy atom. The second-order valence-corrected chi connectivity index (χ2v) is 4.37. The smallest absolute Gasteiger partial charge is 0.0633 e. The van der Waals surface area contributed by atoms with Gasteiger partial charge in [0, 0.05) is 5.75 Å². The molecule has 0 aliphatic heterocycles. The first-order chi connectivity index (χ1) is 5.66. The van der Waals surface area contributed by atoms with Crippen LogP contribution in [0.3, 0.4) is 0 Å².